The van der Waals surface area contributed by atoms with Gasteiger partial charge in [0.1, 0.15) is 10.7 Å². The minimum absolute atomic E-state index is 0.282. The summed E-state index contributed by atoms with van der Waals surface area (Å²) < 4.78 is 14.2. The largest absolute Gasteiger partial charge is 0.477 e. The second-order valence-electron chi connectivity index (χ2n) is 4.58. The number of halogens is 1. The Kier molecular flexibility index (Phi) is 3.03. The van der Waals surface area contributed by atoms with Crippen LogP contribution in [0.5, 0.6) is 0 Å². The molecule has 0 saturated heterocycles. The Morgan fingerprint density at radius 1 is 1.15 bits per heavy atom. The summed E-state index contributed by atoms with van der Waals surface area (Å²) in [5.74, 6) is -1.19. The van der Waals surface area contributed by atoms with Crippen LogP contribution in [0.4, 0.5) is 4.39 Å². The summed E-state index contributed by atoms with van der Waals surface area (Å²) >= 11 is 1.27. The van der Waals surface area contributed by atoms with Crippen LogP contribution in [0.15, 0.2) is 42.5 Å². The molecule has 1 N–H and O–H groups in total. The maximum absolute atomic E-state index is 13.3. The zero-order chi connectivity index (χ0) is 14.3. The molecule has 20 heavy (non-hydrogen) atoms. The maximum Gasteiger partial charge on any atom is 0.346 e. The first-order valence-electron chi connectivity index (χ1n) is 6.08. The Balaban J connectivity index is 2.20. The Labute approximate surface area is 119 Å². The number of carboxylic acids is 1. The quantitative estimate of drug-likeness (QED) is 0.740. The van der Waals surface area contributed by atoms with Crippen LogP contribution in [0, 0.1) is 12.7 Å². The van der Waals surface area contributed by atoms with Gasteiger partial charge in [0.05, 0.1) is 0 Å². The summed E-state index contributed by atoms with van der Waals surface area (Å²) in [7, 11) is 0. The van der Waals surface area contributed by atoms with Crippen LogP contribution in [0.3, 0.4) is 0 Å². The van der Waals surface area contributed by atoms with Crippen molar-refractivity contribution in [3.05, 3.63) is 58.7 Å². The monoisotopic (exact) mass is 286 g/mol. The standard InChI is InChI=1S/C16H11FO2S/c1-9-13-8-11(10-3-2-4-12(17)7-10)5-6-14(13)20-15(9)16(18)19/h2-8H,1H3,(H,18,19). The molecule has 0 aliphatic heterocycles. The number of benzene rings is 2. The van der Waals surface area contributed by atoms with Crippen molar-refractivity contribution in [3.8, 4) is 11.1 Å². The highest BCUT2D eigenvalue weighted by atomic mass is 32.1. The third-order valence-electron chi connectivity index (χ3n) is 3.29. The highest BCUT2D eigenvalue weighted by Gasteiger charge is 2.14. The van der Waals surface area contributed by atoms with Crippen molar-refractivity contribution in [1.82, 2.24) is 0 Å². The molecule has 0 unspecified atom stereocenters. The summed E-state index contributed by atoms with van der Waals surface area (Å²) in [4.78, 5) is 11.5. The third-order valence-corrected chi connectivity index (χ3v) is 4.55. The number of fused-ring (bicyclic) bond motifs is 1. The lowest BCUT2D eigenvalue weighted by molar-refractivity contribution is 0.0701. The Hall–Kier alpha value is -2.20. The Bertz CT molecular complexity index is 820. The molecule has 2 aromatic carbocycles. The summed E-state index contributed by atoms with van der Waals surface area (Å²) in [5, 5.41) is 10.1. The molecule has 3 aromatic rings. The summed E-state index contributed by atoms with van der Waals surface area (Å²) in [6.45, 7) is 1.80. The van der Waals surface area contributed by atoms with Crippen LogP contribution in [0.25, 0.3) is 21.2 Å². The number of carboxylic acid groups (broad SMARTS) is 1. The molecule has 4 heteroatoms. The number of hydrogen-bond acceptors (Lipinski definition) is 2. The van der Waals surface area contributed by atoms with Gasteiger partial charge in [-0.25, -0.2) is 9.18 Å². The van der Waals surface area contributed by atoms with Crippen molar-refractivity contribution >= 4 is 27.4 Å². The van der Waals surface area contributed by atoms with Crippen molar-refractivity contribution in [2.24, 2.45) is 0 Å². The molecule has 1 heterocycles. The summed E-state index contributed by atoms with van der Waals surface area (Å²) in [5.41, 5.74) is 2.43. The fraction of sp³-hybridized carbons (Fsp3) is 0.0625. The van der Waals surface area contributed by atoms with E-state index in [4.69, 9.17) is 5.11 Å². The van der Waals surface area contributed by atoms with E-state index in [0.29, 0.717) is 4.88 Å². The molecule has 2 nitrogen and oxygen atoms in total. The smallest absolute Gasteiger partial charge is 0.346 e. The average Bonchev–Trinajstić information content (AvgIpc) is 2.76. The van der Waals surface area contributed by atoms with Crippen LogP contribution < -0.4 is 0 Å². The lowest BCUT2D eigenvalue weighted by Gasteiger charge is -2.02. The van der Waals surface area contributed by atoms with E-state index >= 15 is 0 Å². The van der Waals surface area contributed by atoms with Crippen LogP contribution in [-0.2, 0) is 0 Å². The molecule has 100 valence electrons. The number of thiophene rings is 1. The lowest BCUT2D eigenvalue weighted by atomic mass is 10.0. The second-order valence-corrected chi connectivity index (χ2v) is 5.63. The maximum atomic E-state index is 13.3. The van der Waals surface area contributed by atoms with E-state index in [1.54, 1.807) is 13.0 Å². The molecule has 0 radical (unpaired) electrons. The Morgan fingerprint density at radius 3 is 2.60 bits per heavy atom. The van der Waals surface area contributed by atoms with Crippen molar-refractivity contribution in [3.63, 3.8) is 0 Å². The first-order chi connectivity index (χ1) is 9.56. The third kappa shape index (κ3) is 2.08. The van der Waals surface area contributed by atoms with E-state index in [2.05, 4.69) is 0 Å². The van der Waals surface area contributed by atoms with Gasteiger partial charge in [0, 0.05) is 4.70 Å². The van der Waals surface area contributed by atoms with Crippen LogP contribution >= 0.6 is 11.3 Å². The van der Waals surface area contributed by atoms with E-state index in [1.807, 2.05) is 24.3 Å². The van der Waals surface area contributed by atoms with Gasteiger partial charge in [-0.05, 0) is 53.3 Å². The van der Waals surface area contributed by atoms with E-state index in [1.165, 1.54) is 23.5 Å². The first-order valence-corrected chi connectivity index (χ1v) is 6.90. The van der Waals surface area contributed by atoms with E-state index in [-0.39, 0.29) is 5.82 Å². The van der Waals surface area contributed by atoms with Gasteiger partial charge in [0.2, 0.25) is 0 Å². The predicted molar refractivity (Wildman–Crippen MR) is 78.9 cm³/mol. The summed E-state index contributed by atoms with van der Waals surface area (Å²) in [6, 6.07) is 12.1. The van der Waals surface area contributed by atoms with Crippen molar-refractivity contribution in [1.29, 1.82) is 0 Å². The minimum Gasteiger partial charge on any atom is -0.477 e. The van der Waals surface area contributed by atoms with Gasteiger partial charge < -0.3 is 5.11 Å². The van der Waals surface area contributed by atoms with Gasteiger partial charge in [0.25, 0.3) is 0 Å². The van der Waals surface area contributed by atoms with Gasteiger partial charge in [-0.1, -0.05) is 18.2 Å². The number of carbonyl (C=O) groups is 1. The molecule has 1 aromatic heterocycles. The summed E-state index contributed by atoms with van der Waals surface area (Å²) in [6.07, 6.45) is 0. The number of hydrogen-bond donors (Lipinski definition) is 1. The number of rotatable bonds is 2. The van der Waals surface area contributed by atoms with E-state index < -0.39 is 5.97 Å². The molecule has 0 saturated carbocycles. The first kappa shape index (κ1) is 12.8. The molecule has 0 amide bonds. The highest BCUT2D eigenvalue weighted by molar-refractivity contribution is 7.21. The lowest BCUT2D eigenvalue weighted by Crippen LogP contribution is -1.93. The molecule has 0 fully saturated rings. The van der Waals surface area contributed by atoms with Crippen LogP contribution in [-0.4, -0.2) is 11.1 Å². The molecule has 0 spiro atoms. The number of aryl methyl sites for hydroxylation is 1. The van der Waals surface area contributed by atoms with Crippen molar-refractivity contribution in [2.45, 2.75) is 6.92 Å². The van der Waals surface area contributed by atoms with Gasteiger partial charge in [-0.2, -0.15) is 0 Å². The van der Waals surface area contributed by atoms with E-state index in [0.717, 1.165) is 26.8 Å². The SMILES string of the molecule is Cc1c(C(=O)O)sc2ccc(-c3cccc(F)c3)cc12. The molecular weight excluding hydrogens is 275 g/mol. The van der Waals surface area contributed by atoms with Gasteiger partial charge >= 0.3 is 5.97 Å². The minimum atomic E-state index is -0.906. The van der Waals surface area contributed by atoms with Gasteiger partial charge in [-0.15, -0.1) is 11.3 Å². The van der Waals surface area contributed by atoms with Gasteiger partial charge in [0.15, 0.2) is 0 Å². The molecule has 0 bridgehead atoms. The highest BCUT2D eigenvalue weighted by Crippen LogP contribution is 2.34. The molecule has 0 atom stereocenters. The zero-order valence-electron chi connectivity index (χ0n) is 10.7. The zero-order valence-corrected chi connectivity index (χ0v) is 11.5. The average molecular weight is 286 g/mol. The fourth-order valence-corrected chi connectivity index (χ4v) is 3.30. The topological polar surface area (TPSA) is 37.3 Å². The molecule has 0 aliphatic carbocycles. The Morgan fingerprint density at radius 2 is 1.90 bits per heavy atom. The number of aromatic carboxylic acids is 1. The molecule has 3 rings (SSSR count). The predicted octanol–water partition coefficient (Wildman–Crippen LogP) is 4.71. The normalized spacial score (nSPS) is 10.9. The van der Waals surface area contributed by atoms with Gasteiger partial charge in [-0.3, -0.25) is 0 Å². The van der Waals surface area contributed by atoms with Crippen LogP contribution in [0.2, 0.25) is 0 Å². The van der Waals surface area contributed by atoms with Crippen molar-refractivity contribution in [2.75, 3.05) is 0 Å². The van der Waals surface area contributed by atoms with E-state index in [9.17, 15) is 9.18 Å². The molecular formula is C16H11FO2S. The molecule has 0 aliphatic rings. The van der Waals surface area contributed by atoms with Crippen LogP contribution in [0.1, 0.15) is 15.2 Å². The van der Waals surface area contributed by atoms with Crippen molar-refractivity contribution < 1.29 is 14.3 Å². The fourth-order valence-electron chi connectivity index (χ4n) is 2.27. The second kappa shape index (κ2) is 4.72.